The van der Waals surface area contributed by atoms with Crippen molar-refractivity contribution in [2.75, 3.05) is 5.75 Å². The predicted octanol–water partition coefficient (Wildman–Crippen LogP) is 2.09. The summed E-state index contributed by atoms with van der Waals surface area (Å²) in [7, 11) is 0. The molecule has 4 nitrogen and oxygen atoms in total. The summed E-state index contributed by atoms with van der Waals surface area (Å²) in [6.45, 7) is 0. The lowest BCUT2D eigenvalue weighted by Gasteiger charge is -2.55. The zero-order valence-corrected chi connectivity index (χ0v) is 11.3. The highest BCUT2D eigenvalue weighted by Gasteiger charge is 2.51. The monoisotopic (exact) mass is 268 g/mol. The average Bonchev–Trinajstić information content (AvgIpc) is 2.23. The summed E-state index contributed by atoms with van der Waals surface area (Å²) in [5.74, 6) is 1.72. The van der Waals surface area contributed by atoms with E-state index in [1.165, 1.54) is 38.5 Å². The predicted molar refractivity (Wildman–Crippen MR) is 72.6 cm³/mol. The first-order valence-corrected chi connectivity index (χ1v) is 7.73. The topological polar surface area (TPSA) is 75.7 Å². The molecule has 100 valence electrons. The van der Waals surface area contributed by atoms with Gasteiger partial charge >= 0.3 is 5.97 Å². The van der Waals surface area contributed by atoms with Gasteiger partial charge in [-0.1, -0.05) is 11.8 Å². The Labute approximate surface area is 111 Å². The zero-order valence-electron chi connectivity index (χ0n) is 10.5. The number of aliphatic carboxylic acids is 1. The average molecular weight is 268 g/mol. The van der Waals surface area contributed by atoms with Crippen molar-refractivity contribution in [1.29, 1.82) is 0 Å². The Balaban J connectivity index is 1.71. The summed E-state index contributed by atoms with van der Waals surface area (Å²) in [5.41, 5.74) is 5.95. The molecule has 4 fully saturated rings. The van der Waals surface area contributed by atoms with Gasteiger partial charge in [-0.05, 0) is 56.3 Å². The lowest BCUT2D eigenvalue weighted by atomic mass is 9.53. The molecule has 4 aliphatic rings. The SMILES string of the molecule is NC(=NC12CC3CC(CC(C3)C1)C2)SCC(=O)O. The van der Waals surface area contributed by atoms with Crippen molar-refractivity contribution in [2.45, 2.75) is 44.1 Å². The third-order valence-corrected chi connectivity index (χ3v) is 5.48. The third-order valence-electron chi connectivity index (χ3n) is 4.70. The van der Waals surface area contributed by atoms with E-state index in [0.717, 1.165) is 29.5 Å². The molecule has 0 aromatic rings. The van der Waals surface area contributed by atoms with Crippen molar-refractivity contribution in [2.24, 2.45) is 28.5 Å². The van der Waals surface area contributed by atoms with Crippen LogP contribution in [0.15, 0.2) is 4.99 Å². The molecular weight excluding hydrogens is 248 g/mol. The van der Waals surface area contributed by atoms with Gasteiger partial charge in [0.1, 0.15) is 0 Å². The maximum atomic E-state index is 10.5. The molecule has 4 bridgehead atoms. The van der Waals surface area contributed by atoms with E-state index >= 15 is 0 Å². The van der Waals surface area contributed by atoms with Gasteiger partial charge in [-0.25, -0.2) is 0 Å². The van der Waals surface area contributed by atoms with E-state index in [1.54, 1.807) is 0 Å². The number of carboxylic acids is 1. The first kappa shape index (κ1) is 12.3. The summed E-state index contributed by atoms with van der Waals surface area (Å²) in [5, 5.41) is 9.13. The Morgan fingerprint density at radius 1 is 1.22 bits per heavy atom. The first-order valence-electron chi connectivity index (χ1n) is 6.74. The second kappa shape index (κ2) is 4.44. The van der Waals surface area contributed by atoms with Crippen LogP contribution in [0.5, 0.6) is 0 Å². The van der Waals surface area contributed by atoms with Crippen molar-refractivity contribution in [1.82, 2.24) is 0 Å². The molecule has 4 aliphatic carbocycles. The highest BCUT2D eigenvalue weighted by molar-refractivity contribution is 8.14. The van der Waals surface area contributed by atoms with Crippen LogP contribution in [0.4, 0.5) is 0 Å². The van der Waals surface area contributed by atoms with Crippen molar-refractivity contribution < 1.29 is 9.90 Å². The zero-order chi connectivity index (χ0) is 12.8. The fourth-order valence-electron chi connectivity index (χ4n) is 4.60. The van der Waals surface area contributed by atoms with E-state index in [9.17, 15) is 4.79 Å². The van der Waals surface area contributed by atoms with Gasteiger partial charge in [-0.15, -0.1) is 0 Å². The Hall–Kier alpha value is -0.710. The summed E-state index contributed by atoms with van der Waals surface area (Å²) < 4.78 is 0. The van der Waals surface area contributed by atoms with Crippen LogP contribution >= 0.6 is 11.8 Å². The number of nitrogens with zero attached hydrogens (tertiary/aromatic N) is 1. The normalized spacial score (nSPS) is 42.2. The molecule has 0 amide bonds. The van der Waals surface area contributed by atoms with Gasteiger partial charge in [-0.3, -0.25) is 9.79 Å². The van der Waals surface area contributed by atoms with Gasteiger partial charge in [0.05, 0.1) is 11.3 Å². The fraction of sp³-hybridized carbons (Fsp3) is 0.846. The third kappa shape index (κ3) is 2.37. The van der Waals surface area contributed by atoms with Crippen molar-refractivity contribution in [3.8, 4) is 0 Å². The van der Waals surface area contributed by atoms with Crippen LogP contribution in [-0.2, 0) is 4.79 Å². The lowest BCUT2D eigenvalue weighted by molar-refractivity contribution is -0.133. The molecule has 0 aromatic heterocycles. The number of carboxylic acid groups (broad SMARTS) is 1. The largest absolute Gasteiger partial charge is 0.481 e. The number of amidine groups is 1. The molecule has 3 N–H and O–H groups in total. The maximum Gasteiger partial charge on any atom is 0.313 e. The molecule has 0 atom stereocenters. The minimum Gasteiger partial charge on any atom is -0.481 e. The quantitative estimate of drug-likeness (QED) is 0.607. The first-order chi connectivity index (χ1) is 8.55. The second-order valence-electron chi connectivity index (χ2n) is 6.27. The minimum absolute atomic E-state index is 0.0156. The van der Waals surface area contributed by atoms with Crippen molar-refractivity contribution in [3.05, 3.63) is 0 Å². The standard InChI is InChI=1S/C13H20N2O2S/c14-12(18-7-11(16)17)15-13-4-8-1-9(5-13)3-10(2-8)6-13/h8-10H,1-7H2,(H2,14,15)(H,16,17). The Bertz CT molecular complexity index is 359. The Kier molecular flexibility index (Phi) is 3.04. The number of rotatable bonds is 3. The second-order valence-corrected chi connectivity index (χ2v) is 7.27. The Morgan fingerprint density at radius 2 is 1.72 bits per heavy atom. The van der Waals surface area contributed by atoms with Crippen molar-refractivity contribution >= 4 is 22.9 Å². The summed E-state index contributed by atoms with van der Waals surface area (Å²) >= 11 is 1.16. The molecule has 4 rings (SSSR count). The van der Waals surface area contributed by atoms with Gasteiger partial charge in [0.15, 0.2) is 5.17 Å². The molecule has 0 saturated heterocycles. The number of carbonyl (C=O) groups is 1. The molecule has 0 spiro atoms. The molecule has 0 aromatic carbocycles. The fourth-order valence-corrected chi connectivity index (χ4v) is 5.13. The van der Waals surface area contributed by atoms with Gasteiger partial charge < -0.3 is 10.8 Å². The van der Waals surface area contributed by atoms with E-state index in [0.29, 0.717) is 5.17 Å². The van der Waals surface area contributed by atoms with Gasteiger partial charge in [0, 0.05) is 0 Å². The number of hydrogen-bond acceptors (Lipinski definition) is 3. The molecular formula is C13H20N2O2S. The molecule has 0 aliphatic heterocycles. The number of nitrogens with two attached hydrogens (primary N) is 1. The van der Waals surface area contributed by atoms with Crippen LogP contribution in [0.25, 0.3) is 0 Å². The minimum atomic E-state index is -0.830. The van der Waals surface area contributed by atoms with Crippen LogP contribution in [-0.4, -0.2) is 27.5 Å². The molecule has 0 radical (unpaired) electrons. The smallest absolute Gasteiger partial charge is 0.313 e. The molecule has 5 heteroatoms. The molecule has 0 unspecified atom stereocenters. The lowest BCUT2D eigenvalue weighted by Crippen LogP contribution is -2.50. The molecule has 18 heavy (non-hydrogen) atoms. The highest BCUT2D eigenvalue weighted by atomic mass is 32.2. The van der Waals surface area contributed by atoms with E-state index in [4.69, 9.17) is 15.8 Å². The van der Waals surface area contributed by atoms with Gasteiger partial charge in [-0.2, -0.15) is 0 Å². The van der Waals surface area contributed by atoms with Crippen LogP contribution in [0.3, 0.4) is 0 Å². The van der Waals surface area contributed by atoms with Crippen LogP contribution in [0.1, 0.15) is 38.5 Å². The van der Waals surface area contributed by atoms with Gasteiger partial charge in [0.2, 0.25) is 0 Å². The maximum absolute atomic E-state index is 10.5. The number of thioether (sulfide) groups is 1. The molecule has 0 heterocycles. The summed E-state index contributed by atoms with van der Waals surface area (Å²) in [6, 6.07) is 0. The number of aliphatic imine (C=N–C) groups is 1. The highest BCUT2D eigenvalue weighted by Crippen LogP contribution is 2.57. The molecule has 4 saturated carbocycles. The van der Waals surface area contributed by atoms with Crippen LogP contribution < -0.4 is 5.73 Å². The van der Waals surface area contributed by atoms with E-state index in [1.807, 2.05) is 0 Å². The number of hydrogen-bond donors (Lipinski definition) is 2. The van der Waals surface area contributed by atoms with E-state index in [-0.39, 0.29) is 11.3 Å². The summed E-state index contributed by atoms with van der Waals surface area (Å²) in [4.78, 5) is 15.3. The van der Waals surface area contributed by atoms with Crippen molar-refractivity contribution in [3.63, 3.8) is 0 Å². The van der Waals surface area contributed by atoms with Crippen LogP contribution in [0.2, 0.25) is 0 Å². The van der Waals surface area contributed by atoms with E-state index < -0.39 is 5.97 Å². The van der Waals surface area contributed by atoms with Gasteiger partial charge in [0.25, 0.3) is 0 Å². The van der Waals surface area contributed by atoms with E-state index in [2.05, 4.69) is 0 Å². The summed E-state index contributed by atoms with van der Waals surface area (Å²) in [6.07, 6.45) is 7.68. The Morgan fingerprint density at radius 3 is 2.17 bits per heavy atom. The van der Waals surface area contributed by atoms with Crippen LogP contribution in [0, 0.1) is 17.8 Å².